The number of aryl methyl sites for hydroxylation is 1. The van der Waals surface area contributed by atoms with Crippen molar-refractivity contribution in [2.24, 2.45) is 14.1 Å². The zero-order chi connectivity index (χ0) is 15.7. The van der Waals surface area contributed by atoms with Gasteiger partial charge >= 0.3 is 23.1 Å². The van der Waals surface area contributed by atoms with Gasteiger partial charge in [0.25, 0.3) is 0 Å². The van der Waals surface area contributed by atoms with Crippen molar-refractivity contribution >= 4 is 21.9 Å². The molecule has 1 aromatic carbocycles. The van der Waals surface area contributed by atoms with E-state index in [4.69, 9.17) is 9.84 Å². The van der Waals surface area contributed by atoms with Gasteiger partial charge < -0.3 is 9.84 Å². The fraction of sp³-hybridized carbons (Fsp3) is 0.167. The standard InChI is InChI=1S/C12H10BrN3O5/c1-15-10(17)9(14-16(2)12(15)20)21-8-4-3-6(13)5-7(8)11(18)19/h3-5H,1-2H3,(H,18,19). The van der Waals surface area contributed by atoms with Crippen LogP contribution >= 0.6 is 15.9 Å². The fourth-order valence-corrected chi connectivity index (χ4v) is 1.96. The quantitative estimate of drug-likeness (QED) is 0.870. The maximum absolute atomic E-state index is 11.9. The summed E-state index contributed by atoms with van der Waals surface area (Å²) in [5.74, 6) is -1.65. The molecule has 8 nitrogen and oxygen atoms in total. The smallest absolute Gasteiger partial charge is 0.347 e. The normalized spacial score (nSPS) is 10.4. The van der Waals surface area contributed by atoms with Crippen LogP contribution in [-0.4, -0.2) is 25.4 Å². The summed E-state index contributed by atoms with van der Waals surface area (Å²) in [5.41, 5.74) is -1.50. The van der Waals surface area contributed by atoms with Crippen molar-refractivity contribution in [1.29, 1.82) is 0 Å². The van der Waals surface area contributed by atoms with Crippen molar-refractivity contribution < 1.29 is 14.6 Å². The second kappa shape index (κ2) is 5.52. The Morgan fingerprint density at radius 2 is 2.00 bits per heavy atom. The summed E-state index contributed by atoms with van der Waals surface area (Å²) in [6, 6.07) is 4.29. The number of carboxylic acids is 1. The number of rotatable bonds is 3. The largest absolute Gasteiger partial charge is 0.478 e. The van der Waals surface area contributed by atoms with Gasteiger partial charge in [-0.25, -0.2) is 14.3 Å². The average Bonchev–Trinajstić information content (AvgIpc) is 2.44. The lowest BCUT2D eigenvalue weighted by atomic mass is 10.2. The predicted molar refractivity (Wildman–Crippen MR) is 75.9 cm³/mol. The van der Waals surface area contributed by atoms with Gasteiger partial charge in [-0.15, -0.1) is 5.10 Å². The van der Waals surface area contributed by atoms with Crippen LogP contribution in [0.5, 0.6) is 11.6 Å². The summed E-state index contributed by atoms with van der Waals surface area (Å²) in [6.07, 6.45) is 0. The van der Waals surface area contributed by atoms with Crippen molar-refractivity contribution in [1.82, 2.24) is 14.3 Å². The highest BCUT2D eigenvalue weighted by Crippen LogP contribution is 2.25. The molecule has 0 aliphatic rings. The molecule has 2 aromatic rings. The van der Waals surface area contributed by atoms with Crippen molar-refractivity contribution in [2.75, 3.05) is 0 Å². The van der Waals surface area contributed by atoms with Crippen molar-refractivity contribution in [3.63, 3.8) is 0 Å². The molecule has 0 saturated carbocycles. The first-order chi connectivity index (χ1) is 9.81. The Morgan fingerprint density at radius 3 is 2.62 bits per heavy atom. The Bertz CT molecular complexity index is 840. The van der Waals surface area contributed by atoms with Crippen molar-refractivity contribution in [2.45, 2.75) is 0 Å². The summed E-state index contributed by atoms with van der Waals surface area (Å²) >= 11 is 3.15. The van der Waals surface area contributed by atoms with Crippen LogP contribution in [0.15, 0.2) is 32.3 Å². The molecule has 1 heterocycles. The topological polar surface area (TPSA) is 103 Å². The molecule has 0 bridgehead atoms. The number of hydrogen-bond donors (Lipinski definition) is 1. The van der Waals surface area contributed by atoms with E-state index >= 15 is 0 Å². The minimum absolute atomic E-state index is 0.0473. The average molecular weight is 356 g/mol. The minimum atomic E-state index is -1.21. The van der Waals surface area contributed by atoms with Crippen molar-refractivity contribution in [3.05, 3.63) is 49.1 Å². The third-order valence-corrected chi connectivity index (χ3v) is 3.16. The lowest BCUT2D eigenvalue weighted by Gasteiger charge is -2.09. The number of hydrogen-bond acceptors (Lipinski definition) is 5. The molecule has 1 aromatic heterocycles. The summed E-state index contributed by atoms with van der Waals surface area (Å²) in [5, 5.41) is 12.8. The Kier molecular flexibility index (Phi) is 3.94. The van der Waals surface area contributed by atoms with Crippen LogP contribution in [-0.2, 0) is 14.1 Å². The molecule has 9 heteroatoms. The highest BCUT2D eigenvalue weighted by molar-refractivity contribution is 9.10. The number of aromatic nitrogens is 3. The van der Waals surface area contributed by atoms with E-state index in [1.807, 2.05) is 0 Å². The highest BCUT2D eigenvalue weighted by Gasteiger charge is 2.16. The number of halogens is 1. The summed E-state index contributed by atoms with van der Waals surface area (Å²) in [7, 11) is 2.63. The van der Waals surface area contributed by atoms with Gasteiger partial charge in [0.1, 0.15) is 11.3 Å². The van der Waals surface area contributed by atoms with Gasteiger partial charge in [-0.05, 0) is 18.2 Å². The summed E-state index contributed by atoms with van der Waals surface area (Å²) in [6.45, 7) is 0. The Balaban J connectivity index is 2.56. The minimum Gasteiger partial charge on any atom is -0.478 e. The highest BCUT2D eigenvalue weighted by atomic mass is 79.9. The van der Waals surface area contributed by atoms with E-state index in [1.54, 1.807) is 6.07 Å². The first kappa shape index (κ1) is 15.0. The van der Waals surface area contributed by atoms with Crippen LogP contribution in [0.1, 0.15) is 10.4 Å². The molecule has 0 fully saturated rings. The van der Waals surface area contributed by atoms with E-state index in [1.165, 1.54) is 26.2 Å². The molecular formula is C12H10BrN3O5. The van der Waals surface area contributed by atoms with Gasteiger partial charge in [-0.2, -0.15) is 0 Å². The molecule has 2 rings (SSSR count). The molecule has 0 amide bonds. The number of carbonyl (C=O) groups is 1. The third-order valence-electron chi connectivity index (χ3n) is 2.67. The number of ether oxygens (including phenoxy) is 1. The Labute approximate surface area is 126 Å². The fourth-order valence-electron chi connectivity index (χ4n) is 1.60. The van der Waals surface area contributed by atoms with Crippen molar-refractivity contribution in [3.8, 4) is 11.6 Å². The van der Waals surface area contributed by atoms with E-state index in [0.717, 1.165) is 9.25 Å². The lowest BCUT2D eigenvalue weighted by Crippen LogP contribution is -2.38. The SMILES string of the molecule is Cn1nc(Oc2ccc(Br)cc2C(=O)O)c(=O)n(C)c1=O. The van der Waals surface area contributed by atoms with Gasteiger partial charge in [-0.1, -0.05) is 15.9 Å². The zero-order valence-corrected chi connectivity index (χ0v) is 12.6. The Hall–Kier alpha value is -2.42. The van der Waals surface area contributed by atoms with E-state index in [2.05, 4.69) is 21.0 Å². The van der Waals surface area contributed by atoms with Crippen LogP contribution in [0.4, 0.5) is 0 Å². The molecule has 0 spiro atoms. The zero-order valence-electron chi connectivity index (χ0n) is 11.0. The monoisotopic (exact) mass is 355 g/mol. The van der Waals surface area contributed by atoms with Crippen LogP contribution in [0.3, 0.4) is 0 Å². The summed E-state index contributed by atoms with van der Waals surface area (Å²) in [4.78, 5) is 34.6. The first-order valence-corrected chi connectivity index (χ1v) is 6.45. The first-order valence-electron chi connectivity index (χ1n) is 5.66. The third kappa shape index (κ3) is 2.87. The molecular weight excluding hydrogens is 346 g/mol. The Morgan fingerprint density at radius 1 is 1.33 bits per heavy atom. The van der Waals surface area contributed by atoms with Crippen LogP contribution in [0.2, 0.25) is 0 Å². The number of aromatic carboxylic acids is 1. The van der Waals surface area contributed by atoms with Gasteiger partial charge in [0.15, 0.2) is 0 Å². The lowest BCUT2D eigenvalue weighted by molar-refractivity contribution is 0.0694. The molecule has 0 unspecified atom stereocenters. The van der Waals surface area contributed by atoms with E-state index in [-0.39, 0.29) is 17.2 Å². The number of nitrogens with zero attached hydrogens (tertiary/aromatic N) is 3. The second-order valence-corrected chi connectivity index (χ2v) is 5.04. The molecule has 21 heavy (non-hydrogen) atoms. The molecule has 1 N–H and O–H groups in total. The van der Waals surface area contributed by atoms with Gasteiger partial charge in [0.2, 0.25) is 0 Å². The molecule has 0 atom stereocenters. The van der Waals surface area contributed by atoms with Gasteiger partial charge in [0.05, 0.1) is 0 Å². The maximum atomic E-state index is 11.9. The molecule has 0 saturated heterocycles. The number of carboxylic acid groups (broad SMARTS) is 1. The predicted octanol–water partition coefficient (Wildman–Crippen LogP) is 0.732. The number of benzene rings is 1. The molecule has 0 radical (unpaired) electrons. The van der Waals surface area contributed by atoms with E-state index < -0.39 is 17.2 Å². The van der Waals surface area contributed by atoms with Crippen LogP contribution in [0, 0.1) is 0 Å². The van der Waals surface area contributed by atoms with E-state index in [0.29, 0.717) is 4.47 Å². The maximum Gasteiger partial charge on any atom is 0.347 e. The summed E-state index contributed by atoms with van der Waals surface area (Å²) < 4.78 is 7.56. The molecule has 0 aliphatic carbocycles. The van der Waals surface area contributed by atoms with Gasteiger partial charge in [-0.3, -0.25) is 9.36 Å². The molecule has 0 aliphatic heterocycles. The van der Waals surface area contributed by atoms with Gasteiger partial charge in [0, 0.05) is 18.6 Å². The van der Waals surface area contributed by atoms with E-state index in [9.17, 15) is 14.4 Å². The second-order valence-electron chi connectivity index (χ2n) is 4.12. The van der Waals surface area contributed by atoms with Crippen LogP contribution < -0.4 is 16.0 Å². The molecule has 110 valence electrons. The van der Waals surface area contributed by atoms with Crippen LogP contribution in [0.25, 0.3) is 0 Å².